The first-order valence-electron chi connectivity index (χ1n) is 7.10. The molecule has 0 bridgehead atoms. The van der Waals surface area contributed by atoms with Gasteiger partial charge in [0.1, 0.15) is 0 Å². The van der Waals surface area contributed by atoms with E-state index in [0.29, 0.717) is 29.4 Å². The van der Waals surface area contributed by atoms with Crippen LogP contribution in [0.5, 0.6) is 0 Å². The van der Waals surface area contributed by atoms with E-state index < -0.39 is 0 Å². The van der Waals surface area contributed by atoms with Crippen molar-refractivity contribution < 1.29 is 14.3 Å². The highest BCUT2D eigenvalue weighted by Crippen LogP contribution is 2.22. The van der Waals surface area contributed by atoms with Gasteiger partial charge in [-0.25, -0.2) is 0 Å². The van der Waals surface area contributed by atoms with Crippen LogP contribution in [0, 0.1) is 0 Å². The van der Waals surface area contributed by atoms with Gasteiger partial charge in [-0.2, -0.15) is 0 Å². The maximum atomic E-state index is 12.0. The van der Waals surface area contributed by atoms with Crippen molar-refractivity contribution in [1.82, 2.24) is 10.2 Å². The van der Waals surface area contributed by atoms with E-state index in [9.17, 15) is 9.59 Å². The summed E-state index contributed by atoms with van der Waals surface area (Å²) in [4.78, 5) is 25.5. The molecule has 0 aromatic heterocycles. The standard InChI is InChI=1S/C15H20ClN3O3/c1-19(2)15(21)12-7-10(3-4-13(12)16)18-14(20)8-11-9-17-5-6-22-11/h3-4,7,11,17H,5-6,8-9H2,1-2H3,(H,18,20). The van der Waals surface area contributed by atoms with Gasteiger partial charge in [0.2, 0.25) is 5.91 Å². The summed E-state index contributed by atoms with van der Waals surface area (Å²) in [6, 6.07) is 4.86. The molecule has 0 aliphatic carbocycles. The number of amides is 2. The number of ether oxygens (including phenoxy) is 1. The number of hydrogen-bond acceptors (Lipinski definition) is 4. The average Bonchev–Trinajstić information content (AvgIpc) is 2.49. The molecule has 1 atom stereocenters. The fourth-order valence-corrected chi connectivity index (χ4v) is 2.38. The fourth-order valence-electron chi connectivity index (χ4n) is 2.18. The number of rotatable bonds is 4. The molecule has 2 amide bonds. The van der Waals surface area contributed by atoms with E-state index in [0.717, 1.165) is 6.54 Å². The Balaban J connectivity index is 2.01. The van der Waals surface area contributed by atoms with Gasteiger partial charge in [0, 0.05) is 32.9 Å². The third-order valence-electron chi connectivity index (χ3n) is 3.30. The topological polar surface area (TPSA) is 70.7 Å². The Morgan fingerprint density at radius 1 is 1.45 bits per heavy atom. The molecule has 7 heteroatoms. The van der Waals surface area contributed by atoms with Crippen LogP contribution in [0.3, 0.4) is 0 Å². The fraction of sp³-hybridized carbons (Fsp3) is 0.467. The second-order valence-electron chi connectivity index (χ2n) is 5.34. The van der Waals surface area contributed by atoms with Crippen LogP contribution in [0.15, 0.2) is 18.2 Å². The molecule has 2 N–H and O–H groups in total. The highest BCUT2D eigenvalue weighted by atomic mass is 35.5. The van der Waals surface area contributed by atoms with E-state index in [4.69, 9.17) is 16.3 Å². The lowest BCUT2D eigenvalue weighted by Gasteiger charge is -2.23. The highest BCUT2D eigenvalue weighted by molar-refractivity contribution is 6.34. The summed E-state index contributed by atoms with van der Waals surface area (Å²) in [6.45, 7) is 2.09. The minimum atomic E-state index is -0.207. The minimum absolute atomic E-state index is 0.121. The summed E-state index contributed by atoms with van der Waals surface area (Å²) in [5.41, 5.74) is 0.906. The predicted molar refractivity (Wildman–Crippen MR) is 85.3 cm³/mol. The normalized spacial score (nSPS) is 17.9. The summed E-state index contributed by atoms with van der Waals surface area (Å²) in [5, 5.41) is 6.31. The molecule has 2 rings (SSSR count). The lowest BCUT2D eigenvalue weighted by atomic mass is 10.1. The van der Waals surface area contributed by atoms with Crippen molar-refractivity contribution in [2.45, 2.75) is 12.5 Å². The Labute approximate surface area is 134 Å². The summed E-state index contributed by atoms with van der Waals surface area (Å²) < 4.78 is 5.49. The molecule has 0 saturated carbocycles. The smallest absolute Gasteiger partial charge is 0.254 e. The van der Waals surface area contributed by atoms with Crippen LogP contribution < -0.4 is 10.6 Å². The Morgan fingerprint density at radius 2 is 2.23 bits per heavy atom. The molecule has 22 heavy (non-hydrogen) atoms. The number of hydrogen-bond donors (Lipinski definition) is 2. The van der Waals surface area contributed by atoms with E-state index in [-0.39, 0.29) is 24.3 Å². The largest absolute Gasteiger partial charge is 0.375 e. The molecule has 1 saturated heterocycles. The van der Waals surface area contributed by atoms with Gasteiger partial charge < -0.3 is 20.3 Å². The third kappa shape index (κ3) is 4.43. The van der Waals surface area contributed by atoms with Gasteiger partial charge in [-0.05, 0) is 18.2 Å². The number of carbonyl (C=O) groups excluding carboxylic acids is 2. The van der Waals surface area contributed by atoms with Gasteiger partial charge in [0.05, 0.1) is 29.7 Å². The van der Waals surface area contributed by atoms with Crippen LogP contribution in [0.1, 0.15) is 16.8 Å². The molecule has 1 aromatic rings. The van der Waals surface area contributed by atoms with Crippen molar-refractivity contribution >= 4 is 29.1 Å². The molecule has 0 spiro atoms. The lowest BCUT2D eigenvalue weighted by molar-refractivity contribution is -0.119. The zero-order valence-electron chi connectivity index (χ0n) is 12.7. The first-order valence-corrected chi connectivity index (χ1v) is 7.48. The van der Waals surface area contributed by atoms with Gasteiger partial charge in [-0.3, -0.25) is 9.59 Å². The lowest BCUT2D eigenvalue weighted by Crippen LogP contribution is -2.40. The second kappa shape index (κ2) is 7.58. The van der Waals surface area contributed by atoms with Gasteiger partial charge in [-0.15, -0.1) is 0 Å². The van der Waals surface area contributed by atoms with E-state index in [1.807, 2.05) is 0 Å². The Kier molecular flexibility index (Phi) is 5.76. The summed E-state index contributed by atoms with van der Waals surface area (Å²) >= 11 is 6.04. The molecular formula is C15H20ClN3O3. The molecule has 1 aliphatic heterocycles. The van der Waals surface area contributed by atoms with E-state index in [1.165, 1.54) is 4.90 Å². The number of halogens is 1. The van der Waals surface area contributed by atoms with Crippen LogP contribution >= 0.6 is 11.6 Å². The van der Waals surface area contributed by atoms with Crippen LogP contribution in [0.25, 0.3) is 0 Å². The minimum Gasteiger partial charge on any atom is -0.375 e. The Morgan fingerprint density at radius 3 is 2.86 bits per heavy atom. The van der Waals surface area contributed by atoms with E-state index >= 15 is 0 Å². The maximum absolute atomic E-state index is 12.0. The van der Waals surface area contributed by atoms with Gasteiger partial charge in [0.15, 0.2) is 0 Å². The number of benzene rings is 1. The molecule has 1 aromatic carbocycles. The van der Waals surface area contributed by atoms with Crippen molar-refractivity contribution in [3.8, 4) is 0 Å². The molecule has 120 valence electrons. The molecule has 0 radical (unpaired) electrons. The summed E-state index contributed by atoms with van der Waals surface area (Å²) in [7, 11) is 3.30. The molecule has 1 heterocycles. The third-order valence-corrected chi connectivity index (χ3v) is 3.63. The van der Waals surface area contributed by atoms with E-state index in [2.05, 4.69) is 10.6 Å². The molecule has 6 nitrogen and oxygen atoms in total. The Hall–Kier alpha value is -1.63. The SMILES string of the molecule is CN(C)C(=O)c1cc(NC(=O)CC2CNCCO2)ccc1Cl. The zero-order chi connectivity index (χ0) is 16.1. The first kappa shape index (κ1) is 16.7. The molecule has 1 aliphatic rings. The van der Waals surface area contributed by atoms with Crippen LogP contribution in [0.4, 0.5) is 5.69 Å². The van der Waals surface area contributed by atoms with E-state index in [1.54, 1.807) is 32.3 Å². The number of morpholine rings is 1. The second-order valence-corrected chi connectivity index (χ2v) is 5.75. The Bertz CT molecular complexity index is 557. The van der Waals surface area contributed by atoms with Crippen molar-refractivity contribution in [3.63, 3.8) is 0 Å². The number of nitrogens with zero attached hydrogens (tertiary/aromatic N) is 1. The van der Waals surface area contributed by atoms with Gasteiger partial charge in [0.25, 0.3) is 5.91 Å². The van der Waals surface area contributed by atoms with Crippen molar-refractivity contribution in [3.05, 3.63) is 28.8 Å². The first-order chi connectivity index (χ1) is 10.5. The predicted octanol–water partition coefficient (Wildman–Crippen LogP) is 1.36. The van der Waals surface area contributed by atoms with Gasteiger partial charge in [-0.1, -0.05) is 11.6 Å². The van der Waals surface area contributed by atoms with Crippen molar-refractivity contribution in [1.29, 1.82) is 0 Å². The van der Waals surface area contributed by atoms with Crippen molar-refractivity contribution in [2.75, 3.05) is 39.1 Å². The van der Waals surface area contributed by atoms with Crippen LogP contribution in [-0.2, 0) is 9.53 Å². The zero-order valence-corrected chi connectivity index (χ0v) is 13.4. The summed E-state index contributed by atoms with van der Waals surface area (Å²) in [5.74, 6) is -0.361. The number of carbonyl (C=O) groups is 2. The van der Waals surface area contributed by atoms with Crippen LogP contribution in [-0.4, -0.2) is 56.6 Å². The molecule has 1 unspecified atom stereocenters. The highest BCUT2D eigenvalue weighted by Gasteiger charge is 2.18. The van der Waals surface area contributed by atoms with Crippen LogP contribution in [0.2, 0.25) is 5.02 Å². The average molecular weight is 326 g/mol. The van der Waals surface area contributed by atoms with Crippen molar-refractivity contribution in [2.24, 2.45) is 0 Å². The summed E-state index contributed by atoms with van der Waals surface area (Å²) in [6.07, 6.45) is 0.149. The van der Waals surface area contributed by atoms with Gasteiger partial charge >= 0.3 is 0 Å². The molecular weight excluding hydrogens is 306 g/mol. The monoisotopic (exact) mass is 325 g/mol. The quantitative estimate of drug-likeness (QED) is 0.877. The number of anilines is 1. The maximum Gasteiger partial charge on any atom is 0.254 e. The number of nitrogens with one attached hydrogen (secondary N) is 2. The molecule has 1 fully saturated rings.